The van der Waals surface area contributed by atoms with E-state index < -0.39 is 11.6 Å². The molecule has 0 bridgehead atoms. The van der Waals surface area contributed by atoms with Crippen molar-refractivity contribution in [2.75, 3.05) is 0 Å². The van der Waals surface area contributed by atoms with Crippen LogP contribution in [0.15, 0.2) is 23.7 Å². The SMILES string of the molecule is CCCCCC1CCC(c2cc(F)c(C#CC3CCC(/C=C/Cl)CC3)c(F)c2)CC1. The van der Waals surface area contributed by atoms with Gasteiger partial charge in [-0.3, -0.25) is 0 Å². The quantitative estimate of drug-likeness (QED) is 0.311. The van der Waals surface area contributed by atoms with E-state index in [9.17, 15) is 8.78 Å². The van der Waals surface area contributed by atoms with Gasteiger partial charge in [0.15, 0.2) is 0 Å². The van der Waals surface area contributed by atoms with Crippen LogP contribution in [0.3, 0.4) is 0 Å². The fourth-order valence-electron chi connectivity index (χ4n) is 5.15. The van der Waals surface area contributed by atoms with Crippen molar-refractivity contribution in [2.45, 2.75) is 89.9 Å². The Morgan fingerprint density at radius 1 is 0.967 bits per heavy atom. The van der Waals surface area contributed by atoms with Gasteiger partial charge in [-0.15, -0.1) is 0 Å². The summed E-state index contributed by atoms with van der Waals surface area (Å²) >= 11 is 5.66. The van der Waals surface area contributed by atoms with E-state index in [2.05, 4.69) is 18.8 Å². The van der Waals surface area contributed by atoms with Crippen molar-refractivity contribution in [1.29, 1.82) is 0 Å². The third-order valence-corrected chi connectivity index (χ3v) is 7.26. The van der Waals surface area contributed by atoms with Crippen LogP contribution in [0.2, 0.25) is 0 Å². The van der Waals surface area contributed by atoms with Gasteiger partial charge in [-0.1, -0.05) is 62.1 Å². The maximum absolute atomic E-state index is 14.7. The van der Waals surface area contributed by atoms with Gasteiger partial charge in [-0.25, -0.2) is 8.78 Å². The molecule has 2 aliphatic carbocycles. The molecule has 0 atom stereocenters. The predicted octanol–water partition coefficient (Wildman–Crippen LogP) is 8.73. The second-order valence-electron chi connectivity index (χ2n) is 9.27. The second kappa shape index (κ2) is 11.9. The van der Waals surface area contributed by atoms with E-state index in [1.807, 2.05) is 6.08 Å². The zero-order valence-electron chi connectivity index (χ0n) is 18.2. The molecular weight excluding hydrogens is 398 g/mol. The van der Waals surface area contributed by atoms with Crippen molar-refractivity contribution in [3.8, 4) is 11.8 Å². The Bertz CT molecular complexity index is 734. The van der Waals surface area contributed by atoms with E-state index in [1.165, 1.54) is 50.7 Å². The average Bonchev–Trinajstić information content (AvgIpc) is 2.75. The Hall–Kier alpha value is -1.33. The molecule has 2 saturated carbocycles. The van der Waals surface area contributed by atoms with E-state index in [0.29, 0.717) is 5.92 Å². The highest BCUT2D eigenvalue weighted by atomic mass is 35.5. The summed E-state index contributed by atoms with van der Waals surface area (Å²) in [4.78, 5) is 0. The average molecular weight is 433 g/mol. The fourth-order valence-corrected chi connectivity index (χ4v) is 5.35. The lowest BCUT2D eigenvalue weighted by Crippen LogP contribution is -2.14. The molecule has 3 rings (SSSR count). The monoisotopic (exact) mass is 432 g/mol. The highest BCUT2D eigenvalue weighted by molar-refractivity contribution is 6.25. The molecule has 2 fully saturated rings. The van der Waals surface area contributed by atoms with Crippen molar-refractivity contribution >= 4 is 11.6 Å². The molecule has 2 aliphatic rings. The summed E-state index contributed by atoms with van der Waals surface area (Å²) in [6, 6.07) is 3.08. The Labute approximate surface area is 186 Å². The molecule has 0 radical (unpaired) electrons. The van der Waals surface area contributed by atoms with Gasteiger partial charge < -0.3 is 0 Å². The molecule has 0 nitrogen and oxygen atoms in total. The van der Waals surface area contributed by atoms with Crippen LogP contribution in [0.25, 0.3) is 0 Å². The highest BCUT2D eigenvalue weighted by Gasteiger charge is 2.24. The maximum Gasteiger partial charge on any atom is 0.142 e. The highest BCUT2D eigenvalue weighted by Crippen LogP contribution is 2.38. The lowest BCUT2D eigenvalue weighted by Gasteiger charge is -2.29. The van der Waals surface area contributed by atoms with Gasteiger partial charge in [0, 0.05) is 11.5 Å². The summed E-state index contributed by atoms with van der Waals surface area (Å²) in [5.74, 6) is 6.75. The third-order valence-electron chi connectivity index (χ3n) is 7.12. The molecule has 0 amide bonds. The predicted molar refractivity (Wildman–Crippen MR) is 123 cm³/mol. The van der Waals surface area contributed by atoms with Crippen LogP contribution in [0.5, 0.6) is 0 Å². The standard InChI is InChI=1S/C27H35ClF2/c1-2-3-4-5-20-10-13-23(14-11-20)24-18-26(29)25(27(30)19-24)15-12-21-6-8-22(9-7-21)16-17-28/h16-23H,2-11,13-14H2,1H3/b17-16+. The number of halogens is 3. The largest absolute Gasteiger partial charge is 0.206 e. The van der Waals surface area contributed by atoms with Gasteiger partial charge in [0.05, 0.1) is 5.56 Å². The zero-order valence-corrected chi connectivity index (χ0v) is 19.0. The van der Waals surface area contributed by atoms with Gasteiger partial charge >= 0.3 is 0 Å². The van der Waals surface area contributed by atoms with Crippen molar-refractivity contribution in [1.82, 2.24) is 0 Å². The minimum Gasteiger partial charge on any atom is -0.206 e. The van der Waals surface area contributed by atoms with Crippen molar-refractivity contribution in [3.05, 3.63) is 46.5 Å². The molecule has 0 unspecified atom stereocenters. The molecule has 3 heteroatoms. The molecule has 0 N–H and O–H groups in total. The Kier molecular flexibility index (Phi) is 9.26. The van der Waals surface area contributed by atoms with Gasteiger partial charge in [0.25, 0.3) is 0 Å². The van der Waals surface area contributed by atoms with E-state index in [4.69, 9.17) is 11.6 Å². The van der Waals surface area contributed by atoms with Crippen LogP contribution >= 0.6 is 11.6 Å². The molecule has 1 aromatic carbocycles. The maximum atomic E-state index is 14.7. The van der Waals surface area contributed by atoms with Gasteiger partial charge in [-0.05, 0) is 86.8 Å². The summed E-state index contributed by atoms with van der Waals surface area (Å²) in [5, 5.41) is 0. The van der Waals surface area contributed by atoms with Crippen LogP contribution in [-0.2, 0) is 0 Å². The Balaban J connectivity index is 1.58. The van der Waals surface area contributed by atoms with Crippen LogP contribution in [-0.4, -0.2) is 0 Å². The normalized spacial score (nSPS) is 27.1. The van der Waals surface area contributed by atoms with E-state index >= 15 is 0 Å². The topological polar surface area (TPSA) is 0 Å². The van der Waals surface area contributed by atoms with Crippen molar-refractivity contribution in [2.24, 2.45) is 17.8 Å². The summed E-state index contributed by atoms with van der Waals surface area (Å²) in [5.41, 5.74) is 2.34. The van der Waals surface area contributed by atoms with Gasteiger partial charge in [0.2, 0.25) is 0 Å². The van der Waals surface area contributed by atoms with Gasteiger partial charge in [-0.2, -0.15) is 0 Å². The van der Waals surface area contributed by atoms with Crippen LogP contribution in [0.1, 0.15) is 101 Å². The summed E-state index contributed by atoms with van der Waals surface area (Å²) in [6.07, 6.45) is 15.7. The number of hydrogen-bond donors (Lipinski definition) is 0. The number of unbranched alkanes of at least 4 members (excludes halogenated alkanes) is 2. The van der Waals surface area contributed by atoms with E-state index in [1.54, 1.807) is 5.54 Å². The number of hydrogen-bond acceptors (Lipinski definition) is 0. The number of benzene rings is 1. The minimum atomic E-state index is -0.499. The second-order valence-corrected chi connectivity index (χ2v) is 9.52. The molecule has 30 heavy (non-hydrogen) atoms. The molecule has 0 spiro atoms. The lowest BCUT2D eigenvalue weighted by atomic mass is 9.77. The summed E-state index contributed by atoms with van der Waals surface area (Å²) in [6.45, 7) is 2.24. The number of allylic oxidation sites excluding steroid dienone is 1. The smallest absolute Gasteiger partial charge is 0.142 e. The fraction of sp³-hybridized carbons (Fsp3) is 0.630. The zero-order chi connectivity index (χ0) is 21.3. The Morgan fingerprint density at radius 2 is 1.63 bits per heavy atom. The molecular formula is C27H35ClF2. The number of rotatable bonds is 6. The first-order valence-corrected chi connectivity index (χ1v) is 12.3. The van der Waals surface area contributed by atoms with Gasteiger partial charge in [0.1, 0.15) is 11.6 Å². The first-order chi connectivity index (χ1) is 14.6. The van der Waals surface area contributed by atoms with Crippen molar-refractivity contribution < 1.29 is 8.78 Å². The summed E-state index contributed by atoms with van der Waals surface area (Å²) < 4.78 is 29.4. The molecule has 1 aromatic rings. The Morgan fingerprint density at radius 3 is 2.23 bits per heavy atom. The van der Waals surface area contributed by atoms with E-state index in [-0.39, 0.29) is 17.4 Å². The third kappa shape index (κ3) is 6.58. The molecule has 0 heterocycles. The van der Waals surface area contributed by atoms with Crippen LogP contribution in [0.4, 0.5) is 8.78 Å². The molecule has 0 saturated heterocycles. The van der Waals surface area contributed by atoms with E-state index in [0.717, 1.165) is 50.0 Å². The lowest BCUT2D eigenvalue weighted by molar-refractivity contribution is 0.302. The molecule has 0 aromatic heterocycles. The summed E-state index contributed by atoms with van der Waals surface area (Å²) in [7, 11) is 0. The minimum absolute atomic E-state index is 0.0604. The van der Waals surface area contributed by atoms with Crippen LogP contribution < -0.4 is 0 Å². The first-order valence-electron chi connectivity index (χ1n) is 11.9. The first kappa shape index (κ1) is 23.3. The van der Waals surface area contributed by atoms with Crippen LogP contribution in [0, 0.1) is 41.2 Å². The molecule has 0 aliphatic heterocycles. The molecule has 164 valence electrons. The van der Waals surface area contributed by atoms with Crippen molar-refractivity contribution in [3.63, 3.8) is 0 Å².